The Balaban J connectivity index is 1.71. The third-order valence-corrected chi connectivity index (χ3v) is 5.30. The SMILES string of the molecule is C[C@]12CCO[C@H]1C1(COC(N)=N1)c1cc(-c3cncnc3)ccc1O2. The minimum Gasteiger partial charge on any atom is -0.484 e. The summed E-state index contributed by atoms with van der Waals surface area (Å²) in [6, 6.07) is 6.23. The molecule has 7 heteroatoms. The first-order valence-corrected chi connectivity index (χ1v) is 8.29. The average Bonchev–Trinajstić information content (AvgIpc) is 3.20. The van der Waals surface area contributed by atoms with Crippen molar-refractivity contribution in [3.05, 3.63) is 42.5 Å². The number of aliphatic imine (C=N–C) groups is 1. The van der Waals surface area contributed by atoms with Crippen LogP contribution in [0.2, 0.25) is 0 Å². The number of hydrogen-bond donors (Lipinski definition) is 1. The highest BCUT2D eigenvalue weighted by Gasteiger charge is 2.62. The number of aromatic nitrogens is 2. The lowest BCUT2D eigenvalue weighted by Crippen LogP contribution is -2.57. The molecule has 0 amide bonds. The highest BCUT2D eigenvalue weighted by atomic mass is 16.6. The predicted octanol–water partition coefficient (Wildman–Crippen LogP) is 1.62. The molecular formula is C18H18N4O3. The first-order valence-electron chi connectivity index (χ1n) is 8.29. The van der Waals surface area contributed by atoms with Gasteiger partial charge in [0, 0.05) is 29.9 Å². The third kappa shape index (κ3) is 1.99. The maximum absolute atomic E-state index is 6.33. The van der Waals surface area contributed by atoms with Crippen molar-refractivity contribution < 1.29 is 14.2 Å². The molecule has 1 unspecified atom stereocenters. The van der Waals surface area contributed by atoms with Crippen molar-refractivity contribution in [2.45, 2.75) is 30.6 Å². The van der Waals surface area contributed by atoms with E-state index in [1.165, 1.54) is 6.33 Å². The van der Waals surface area contributed by atoms with E-state index in [2.05, 4.69) is 28.0 Å². The first kappa shape index (κ1) is 14.7. The Hall–Kier alpha value is -2.67. The molecule has 3 aliphatic rings. The van der Waals surface area contributed by atoms with Gasteiger partial charge in [-0.3, -0.25) is 0 Å². The Kier molecular flexibility index (Phi) is 2.88. The lowest BCUT2D eigenvalue weighted by atomic mass is 9.74. The number of fused-ring (bicyclic) bond motifs is 4. The van der Waals surface area contributed by atoms with Crippen molar-refractivity contribution in [2.75, 3.05) is 13.2 Å². The average molecular weight is 338 g/mol. The second-order valence-electron chi connectivity index (χ2n) is 6.92. The summed E-state index contributed by atoms with van der Waals surface area (Å²) in [5, 5.41) is 0. The normalized spacial score (nSPS) is 32.5. The maximum atomic E-state index is 6.33. The number of nitrogens with zero attached hydrogens (tertiary/aromatic N) is 3. The van der Waals surface area contributed by atoms with Gasteiger partial charge in [0.05, 0.1) is 6.61 Å². The molecule has 1 aromatic heterocycles. The molecule has 2 aromatic rings. The van der Waals surface area contributed by atoms with Crippen LogP contribution in [0.3, 0.4) is 0 Å². The molecule has 5 rings (SSSR count). The van der Waals surface area contributed by atoms with E-state index in [1.54, 1.807) is 12.4 Å². The van der Waals surface area contributed by atoms with Gasteiger partial charge in [-0.2, -0.15) is 0 Å². The second kappa shape index (κ2) is 4.92. The zero-order valence-electron chi connectivity index (χ0n) is 13.8. The molecule has 1 saturated heterocycles. The number of hydrogen-bond acceptors (Lipinski definition) is 7. The van der Waals surface area contributed by atoms with Crippen LogP contribution >= 0.6 is 0 Å². The number of rotatable bonds is 1. The molecule has 2 N–H and O–H groups in total. The minimum atomic E-state index is -0.686. The fourth-order valence-corrected chi connectivity index (χ4v) is 4.13. The Labute approximate surface area is 144 Å². The van der Waals surface area contributed by atoms with E-state index in [0.29, 0.717) is 13.2 Å². The van der Waals surface area contributed by atoms with E-state index in [-0.39, 0.29) is 12.1 Å². The van der Waals surface area contributed by atoms with E-state index >= 15 is 0 Å². The Morgan fingerprint density at radius 1 is 1.20 bits per heavy atom. The summed E-state index contributed by atoms with van der Waals surface area (Å²) < 4.78 is 18.0. The van der Waals surface area contributed by atoms with Gasteiger partial charge in [0.1, 0.15) is 30.4 Å². The van der Waals surface area contributed by atoms with Crippen LogP contribution in [0.1, 0.15) is 18.9 Å². The summed E-state index contributed by atoms with van der Waals surface area (Å²) in [5.74, 6) is 0.798. The molecule has 3 atom stereocenters. The van der Waals surface area contributed by atoms with Crippen LogP contribution < -0.4 is 10.5 Å². The molecule has 0 aliphatic carbocycles. The van der Waals surface area contributed by atoms with Crippen LogP contribution in [0.25, 0.3) is 11.1 Å². The van der Waals surface area contributed by atoms with Gasteiger partial charge in [-0.25, -0.2) is 15.0 Å². The summed E-state index contributed by atoms with van der Waals surface area (Å²) in [7, 11) is 0. The van der Waals surface area contributed by atoms with E-state index < -0.39 is 11.1 Å². The summed E-state index contributed by atoms with van der Waals surface area (Å²) in [5.41, 5.74) is 7.60. The summed E-state index contributed by atoms with van der Waals surface area (Å²) in [6.07, 6.45) is 5.65. The Morgan fingerprint density at radius 2 is 2.04 bits per heavy atom. The van der Waals surface area contributed by atoms with Crippen molar-refractivity contribution in [2.24, 2.45) is 10.7 Å². The van der Waals surface area contributed by atoms with Crippen molar-refractivity contribution in [3.8, 4) is 16.9 Å². The van der Waals surface area contributed by atoms with Crippen molar-refractivity contribution in [3.63, 3.8) is 0 Å². The second-order valence-corrected chi connectivity index (χ2v) is 6.92. The quantitative estimate of drug-likeness (QED) is 0.849. The summed E-state index contributed by atoms with van der Waals surface area (Å²) in [4.78, 5) is 12.9. The van der Waals surface area contributed by atoms with Crippen molar-refractivity contribution in [1.82, 2.24) is 9.97 Å². The minimum absolute atomic E-state index is 0.194. The van der Waals surface area contributed by atoms with Gasteiger partial charge in [0.25, 0.3) is 6.02 Å². The van der Waals surface area contributed by atoms with Gasteiger partial charge in [-0.05, 0) is 24.6 Å². The van der Waals surface area contributed by atoms with E-state index in [1.807, 2.05) is 12.1 Å². The number of ether oxygens (including phenoxy) is 3. The standard InChI is InChI=1S/C18H18N4O3/c1-17-4-5-23-15(17)18(9-24-16(19)22-18)13-6-11(2-3-14(13)25-17)12-7-20-10-21-8-12/h2-3,6-8,10,15H,4-5,9H2,1H3,(H2,19,22)/t15-,17+,18?/m1/s1. The fourth-order valence-electron chi connectivity index (χ4n) is 4.13. The zero-order valence-corrected chi connectivity index (χ0v) is 13.8. The molecule has 4 heterocycles. The van der Waals surface area contributed by atoms with E-state index in [4.69, 9.17) is 19.9 Å². The largest absolute Gasteiger partial charge is 0.484 e. The van der Waals surface area contributed by atoms with Crippen LogP contribution in [-0.2, 0) is 15.0 Å². The highest BCUT2D eigenvalue weighted by Crippen LogP contribution is 2.53. The topological polar surface area (TPSA) is 91.9 Å². The predicted molar refractivity (Wildman–Crippen MR) is 90.1 cm³/mol. The maximum Gasteiger partial charge on any atom is 0.283 e. The van der Waals surface area contributed by atoms with Gasteiger partial charge < -0.3 is 19.9 Å². The third-order valence-electron chi connectivity index (χ3n) is 5.30. The molecule has 1 fully saturated rings. The lowest BCUT2D eigenvalue weighted by molar-refractivity contribution is -0.0755. The van der Waals surface area contributed by atoms with Crippen LogP contribution in [0, 0.1) is 0 Å². The van der Waals surface area contributed by atoms with Gasteiger partial charge in [-0.1, -0.05) is 6.07 Å². The van der Waals surface area contributed by atoms with Crippen LogP contribution in [0.4, 0.5) is 0 Å². The number of nitrogens with two attached hydrogens (primary N) is 1. The Bertz CT molecular complexity index is 872. The number of benzene rings is 1. The lowest BCUT2D eigenvalue weighted by Gasteiger charge is -2.45. The van der Waals surface area contributed by atoms with Crippen LogP contribution in [0.5, 0.6) is 5.75 Å². The van der Waals surface area contributed by atoms with Gasteiger partial charge in [0.2, 0.25) is 0 Å². The fraction of sp³-hybridized carbons (Fsp3) is 0.389. The van der Waals surface area contributed by atoms with E-state index in [0.717, 1.165) is 28.9 Å². The van der Waals surface area contributed by atoms with Crippen molar-refractivity contribution in [1.29, 1.82) is 0 Å². The monoisotopic (exact) mass is 338 g/mol. The number of amidine groups is 1. The summed E-state index contributed by atoms with van der Waals surface area (Å²) >= 11 is 0. The Morgan fingerprint density at radius 3 is 2.80 bits per heavy atom. The zero-order chi connectivity index (χ0) is 17.1. The van der Waals surface area contributed by atoms with Crippen LogP contribution in [0.15, 0.2) is 41.9 Å². The van der Waals surface area contributed by atoms with Gasteiger partial charge in [0.15, 0.2) is 5.54 Å². The molecule has 1 spiro atoms. The molecule has 0 saturated carbocycles. The molecule has 25 heavy (non-hydrogen) atoms. The van der Waals surface area contributed by atoms with Crippen LogP contribution in [-0.4, -0.2) is 40.9 Å². The van der Waals surface area contributed by atoms with E-state index in [9.17, 15) is 0 Å². The smallest absolute Gasteiger partial charge is 0.283 e. The highest BCUT2D eigenvalue weighted by molar-refractivity contribution is 5.75. The summed E-state index contributed by atoms with van der Waals surface area (Å²) in [6.45, 7) is 3.05. The molecule has 7 nitrogen and oxygen atoms in total. The molecule has 0 radical (unpaired) electrons. The molecule has 128 valence electrons. The first-order chi connectivity index (χ1) is 12.1. The molecular weight excluding hydrogens is 320 g/mol. The van der Waals surface area contributed by atoms with Crippen molar-refractivity contribution >= 4 is 6.02 Å². The molecule has 1 aromatic carbocycles. The van der Waals surface area contributed by atoms with Gasteiger partial charge in [-0.15, -0.1) is 0 Å². The molecule has 0 bridgehead atoms. The molecule has 3 aliphatic heterocycles. The van der Waals surface area contributed by atoms with Gasteiger partial charge >= 0.3 is 0 Å².